The van der Waals surface area contributed by atoms with Gasteiger partial charge in [-0.05, 0) is 67.7 Å². The van der Waals surface area contributed by atoms with E-state index in [9.17, 15) is 12.8 Å². The summed E-state index contributed by atoms with van der Waals surface area (Å²) in [7, 11) is -3.83. The normalized spacial score (nSPS) is 11.0. The van der Waals surface area contributed by atoms with Crippen molar-refractivity contribution in [2.75, 3.05) is 15.4 Å². The second-order valence-corrected chi connectivity index (χ2v) is 8.36. The van der Waals surface area contributed by atoms with Crippen LogP contribution in [0.15, 0.2) is 59.6 Å². The van der Waals surface area contributed by atoms with Gasteiger partial charge in [0.1, 0.15) is 5.82 Å². The zero-order chi connectivity index (χ0) is 21.0. The van der Waals surface area contributed by atoms with Crippen LogP contribution in [-0.2, 0) is 10.0 Å². The smallest absolute Gasteiger partial charge is 0.264 e. The highest BCUT2D eigenvalue weighted by Crippen LogP contribution is 2.20. The molecule has 3 N–H and O–H groups in total. The zero-order valence-corrected chi connectivity index (χ0v) is 17.4. The molecule has 0 spiro atoms. The van der Waals surface area contributed by atoms with Crippen LogP contribution in [0.25, 0.3) is 0 Å². The summed E-state index contributed by atoms with van der Waals surface area (Å²) in [6.07, 6.45) is 1.47. The van der Waals surface area contributed by atoms with Crippen LogP contribution >= 0.6 is 23.8 Å². The minimum Gasteiger partial charge on any atom is -0.332 e. The van der Waals surface area contributed by atoms with Crippen molar-refractivity contribution < 1.29 is 12.8 Å². The molecule has 1 heterocycles. The SMILES string of the molecule is Cc1ccnc(NS(=O)(=O)c2ccc(NC(=S)Nc3ccc(F)c(Cl)c3)cc2)n1. The summed E-state index contributed by atoms with van der Waals surface area (Å²) in [6.45, 7) is 1.73. The summed E-state index contributed by atoms with van der Waals surface area (Å²) in [6, 6.07) is 11.7. The number of aryl methyl sites for hydroxylation is 1. The van der Waals surface area contributed by atoms with Gasteiger partial charge in [-0.15, -0.1) is 0 Å². The first kappa shape index (κ1) is 20.9. The lowest BCUT2D eigenvalue weighted by Crippen LogP contribution is -2.19. The molecule has 0 radical (unpaired) electrons. The van der Waals surface area contributed by atoms with Gasteiger partial charge in [0, 0.05) is 23.3 Å². The Morgan fingerprint density at radius 3 is 2.38 bits per heavy atom. The zero-order valence-electron chi connectivity index (χ0n) is 15.0. The second-order valence-electron chi connectivity index (χ2n) is 5.86. The van der Waals surface area contributed by atoms with Crippen LogP contribution in [0.5, 0.6) is 0 Å². The summed E-state index contributed by atoms with van der Waals surface area (Å²) in [4.78, 5) is 7.95. The predicted octanol–water partition coefficient (Wildman–Crippen LogP) is 4.19. The molecule has 2 aromatic carbocycles. The maximum Gasteiger partial charge on any atom is 0.264 e. The van der Waals surface area contributed by atoms with Gasteiger partial charge in [0.2, 0.25) is 5.95 Å². The van der Waals surface area contributed by atoms with Crippen molar-refractivity contribution in [2.24, 2.45) is 0 Å². The Kier molecular flexibility index (Phi) is 6.26. The van der Waals surface area contributed by atoms with Crippen LogP contribution in [0.4, 0.5) is 21.7 Å². The summed E-state index contributed by atoms with van der Waals surface area (Å²) in [5.41, 5.74) is 1.71. The third-order valence-electron chi connectivity index (χ3n) is 3.62. The van der Waals surface area contributed by atoms with Crippen LogP contribution in [0, 0.1) is 12.7 Å². The quantitative estimate of drug-likeness (QED) is 0.500. The molecular formula is C18H15ClFN5O2S2. The van der Waals surface area contributed by atoms with E-state index in [0.29, 0.717) is 17.1 Å². The fraction of sp³-hybridized carbons (Fsp3) is 0.0556. The monoisotopic (exact) mass is 451 g/mol. The van der Waals surface area contributed by atoms with Gasteiger partial charge in [0.15, 0.2) is 5.11 Å². The van der Waals surface area contributed by atoms with Crippen molar-refractivity contribution in [3.63, 3.8) is 0 Å². The molecule has 0 saturated heterocycles. The van der Waals surface area contributed by atoms with Crippen molar-refractivity contribution in [1.29, 1.82) is 0 Å². The average Bonchev–Trinajstić information content (AvgIpc) is 2.65. The van der Waals surface area contributed by atoms with Crippen molar-refractivity contribution in [3.05, 3.63) is 71.3 Å². The fourth-order valence-electron chi connectivity index (χ4n) is 2.26. The largest absolute Gasteiger partial charge is 0.332 e. The number of nitrogens with zero attached hydrogens (tertiary/aromatic N) is 2. The molecule has 0 aliphatic rings. The highest BCUT2D eigenvalue weighted by atomic mass is 35.5. The summed E-state index contributed by atoms with van der Waals surface area (Å²) < 4.78 is 40.4. The van der Waals surface area contributed by atoms with Gasteiger partial charge >= 0.3 is 0 Å². The number of hydrogen-bond donors (Lipinski definition) is 3. The van der Waals surface area contributed by atoms with Crippen LogP contribution in [0.1, 0.15) is 5.69 Å². The summed E-state index contributed by atoms with van der Waals surface area (Å²) in [5.74, 6) is -0.534. The molecule has 150 valence electrons. The Balaban J connectivity index is 1.66. The van der Waals surface area contributed by atoms with Crippen LogP contribution in [0.2, 0.25) is 5.02 Å². The highest BCUT2D eigenvalue weighted by molar-refractivity contribution is 7.92. The minimum absolute atomic E-state index is 0.00413. The number of anilines is 3. The molecule has 1 aromatic heterocycles. The number of halogens is 2. The maximum absolute atomic E-state index is 13.2. The van der Waals surface area contributed by atoms with Gasteiger partial charge in [-0.3, -0.25) is 0 Å². The highest BCUT2D eigenvalue weighted by Gasteiger charge is 2.15. The molecule has 0 aliphatic carbocycles. The first-order valence-electron chi connectivity index (χ1n) is 8.18. The number of thiocarbonyl (C=S) groups is 1. The molecule has 0 fully saturated rings. The van der Waals surface area contributed by atoms with Crippen LogP contribution < -0.4 is 15.4 Å². The van der Waals surface area contributed by atoms with Gasteiger partial charge in [-0.25, -0.2) is 27.5 Å². The number of aromatic nitrogens is 2. The van der Waals surface area contributed by atoms with E-state index in [1.165, 1.54) is 36.5 Å². The Morgan fingerprint density at radius 2 is 1.72 bits per heavy atom. The Bertz CT molecular complexity index is 1160. The molecule has 3 aromatic rings. The number of rotatable bonds is 5. The van der Waals surface area contributed by atoms with Crippen molar-refractivity contribution in [1.82, 2.24) is 9.97 Å². The van der Waals surface area contributed by atoms with E-state index in [1.807, 2.05) is 0 Å². The lowest BCUT2D eigenvalue weighted by molar-refractivity contribution is 0.601. The van der Waals surface area contributed by atoms with Crippen LogP contribution in [0.3, 0.4) is 0 Å². The molecule has 0 bridgehead atoms. The van der Waals surface area contributed by atoms with Gasteiger partial charge in [-0.2, -0.15) is 0 Å². The topological polar surface area (TPSA) is 96.0 Å². The number of hydrogen-bond acceptors (Lipinski definition) is 5. The number of nitrogens with one attached hydrogen (secondary N) is 3. The first-order valence-corrected chi connectivity index (χ1v) is 10.5. The number of benzene rings is 2. The average molecular weight is 452 g/mol. The summed E-state index contributed by atoms with van der Waals surface area (Å²) in [5, 5.41) is 5.97. The van der Waals surface area contributed by atoms with E-state index in [0.717, 1.165) is 0 Å². The van der Waals surface area contributed by atoms with E-state index < -0.39 is 15.8 Å². The lowest BCUT2D eigenvalue weighted by atomic mass is 10.3. The Morgan fingerprint density at radius 1 is 1.07 bits per heavy atom. The van der Waals surface area contributed by atoms with Crippen molar-refractivity contribution in [2.45, 2.75) is 11.8 Å². The summed E-state index contributed by atoms with van der Waals surface area (Å²) >= 11 is 10.9. The van der Waals surface area contributed by atoms with E-state index in [1.54, 1.807) is 25.1 Å². The lowest BCUT2D eigenvalue weighted by Gasteiger charge is -2.12. The molecule has 11 heteroatoms. The molecule has 0 amide bonds. The predicted molar refractivity (Wildman–Crippen MR) is 115 cm³/mol. The third kappa shape index (κ3) is 5.59. The van der Waals surface area contributed by atoms with Gasteiger partial charge in [0.25, 0.3) is 10.0 Å². The van der Waals surface area contributed by atoms with E-state index in [-0.39, 0.29) is 21.0 Å². The molecule has 0 atom stereocenters. The van der Waals surface area contributed by atoms with Gasteiger partial charge in [0.05, 0.1) is 9.92 Å². The van der Waals surface area contributed by atoms with Crippen molar-refractivity contribution in [3.8, 4) is 0 Å². The maximum atomic E-state index is 13.2. The first-order chi connectivity index (χ1) is 13.7. The number of sulfonamides is 1. The molecule has 0 saturated carbocycles. The Labute approximate surface area is 177 Å². The second kappa shape index (κ2) is 8.68. The fourth-order valence-corrected chi connectivity index (χ4v) is 3.63. The van der Waals surface area contributed by atoms with Gasteiger partial charge < -0.3 is 10.6 Å². The van der Waals surface area contributed by atoms with Crippen LogP contribution in [-0.4, -0.2) is 23.5 Å². The van der Waals surface area contributed by atoms with E-state index in [4.69, 9.17) is 23.8 Å². The molecule has 29 heavy (non-hydrogen) atoms. The van der Waals surface area contributed by atoms with Crippen molar-refractivity contribution >= 4 is 56.3 Å². The molecule has 3 rings (SSSR count). The standard InChI is InChI=1S/C18H15ClFN5O2S2/c1-11-8-9-21-17(22-11)25-29(26,27)14-5-2-12(3-6-14)23-18(28)24-13-4-7-16(20)15(19)10-13/h2-10H,1H3,(H,21,22,25)(H2,23,24,28). The molecule has 0 aliphatic heterocycles. The molecule has 7 nitrogen and oxygen atoms in total. The molecule has 0 unspecified atom stereocenters. The third-order valence-corrected chi connectivity index (χ3v) is 5.46. The molecular weight excluding hydrogens is 437 g/mol. The minimum atomic E-state index is -3.83. The van der Waals surface area contributed by atoms with E-state index in [2.05, 4.69) is 25.3 Å². The Hall–Kier alpha value is -2.82. The van der Waals surface area contributed by atoms with E-state index >= 15 is 0 Å². The van der Waals surface area contributed by atoms with Gasteiger partial charge in [-0.1, -0.05) is 11.6 Å².